The van der Waals surface area contributed by atoms with E-state index >= 15 is 0 Å². The molecule has 100 valence electrons. The van der Waals surface area contributed by atoms with Crippen LogP contribution in [0.1, 0.15) is 68.0 Å². The highest BCUT2D eigenvalue weighted by molar-refractivity contribution is 7.11. The summed E-state index contributed by atoms with van der Waals surface area (Å²) in [5.74, 6) is 0. The Bertz CT molecular complexity index is 441. The minimum Gasteiger partial charge on any atom is -0.320 e. The first-order valence-corrected chi connectivity index (χ1v) is 8.14. The van der Waals surface area contributed by atoms with Crippen molar-refractivity contribution in [2.45, 2.75) is 70.8 Å². The second kappa shape index (κ2) is 4.31. The summed E-state index contributed by atoms with van der Waals surface area (Å²) < 4.78 is 0. The molecule has 1 spiro atoms. The average molecular weight is 264 g/mol. The Kier molecular flexibility index (Phi) is 3.02. The van der Waals surface area contributed by atoms with Gasteiger partial charge in [-0.15, -0.1) is 11.3 Å². The zero-order valence-corrected chi connectivity index (χ0v) is 12.4. The molecule has 2 nitrogen and oxygen atoms in total. The van der Waals surface area contributed by atoms with Crippen LogP contribution in [0.15, 0.2) is 0 Å². The summed E-state index contributed by atoms with van der Waals surface area (Å²) in [6.07, 6.45) is 10.5. The van der Waals surface area contributed by atoms with Crippen LogP contribution in [-0.2, 0) is 18.4 Å². The molecule has 0 radical (unpaired) electrons. The van der Waals surface area contributed by atoms with Gasteiger partial charge in [0, 0.05) is 4.88 Å². The van der Waals surface area contributed by atoms with E-state index in [4.69, 9.17) is 10.7 Å². The summed E-state index contributed by atoms with van der Waals surface area (Å²) in [5, 5.41) is 1.16. The van der Waals surface area contributed by atoms with E-state index in [2.05, 4.69) is 13.8 Å². The normalized spacial score (nSPS) is 25.1. The number of hydrogen-bond acceptors (Lipinski definition) is 3. The van der Waals surface area contributed by atoms with E-state index in [-0.39, 0.29) is 5.54 Å². The first-order chi connectivity index (χ1) is 8.55. The smallest absolute Gasteiger partial charge is 0.113 e. The molecule has 0 amide bonds. The molecule has 0 aromatic carbocycles. The lowest BCUT2D eigenvalue weighted by Gasteiger charge is -2.32. The maximum atomic E-state index is 6.34. The Hall–Kier alpha value is -0.410. The first kappa shape index (κ1) is 12.6. The van der Waals surface area contributed by atoms with Crippen LogP contribution in [0, 0.1) is 5.41 Å². The van der Waals surface area contributed by atoms with Gasteiger partial charge in [0.05, 0.1) is 11.2 Å². The molecular weight excluding hydrogens is 240 g/mol. The Morgan fingerprint density at radius 2 is 2.06 bits per heavy atom. The molecule has 3 heteroatoms. The van der Waals surface area contributed by atoms with Crippen LogP contribution in [0.4, 0.5) is 0 Å². The molecule has 1 atom stereocenters. The number of fused-ring (bicyclic) bond motifs is 1. The topological polar surface area (TPSA) is 38.9 Å². The van der Waals surface area contributed by atoms with Crippen molar-refractivity contribution in [3.63, 3.8) is 0 Å². The zero-order valence-electron chi connectivity index (χ0n) is 11.6. The number of rotatable bonds is 2. The van der Waals surface area contributed by atoms with E-state index in [1.165, 1.54) is 50.6 Å². The highest BCUT2D eigenvalue weighted by Gasteiger charge is 2.39. The summed E-state index contributed by atoms with van der Waals surface area (Å²) in [6, 6.07) is 0. The van der Waals surface area contributed by atoms with Crippen molar-refractivity contribution in [2.24, 2.45) is 11.1 Å². The minimum absolute atomic E-state index is 0.231. The number of nitrogens with two attached hydrogens (primary N) is 1. The highest BCUT2D eigenvalue weighted by atomic mass is 32.1. The number of hydrogen-bond donors (Lipinski definition) is 1. The average Bonchev–Trinajstić information content (AvgIpc) is 2.96. The Morgan fingerprint density at radius 1 is 1.33 bits per heavy atom. The van der Waals surface area contributed by atoms with Crippen LogP contribution in [0.3, 0.4) is 0 Å². The van der Waals surface area contributed by atoms with Gasteiger partial charge in [0.1, 0.15) is 5.01 Å². The van der Waals surface area contributed by atoms with Crippen molar-refractivity contribution >= 4 is 11.3 Å². The lowest BCUT2D eigenvalue weighted by Crippen LogP contribution is -2.31. The molecule has 1 heterocycles. The van der Waals surface area contributed by atoms with Crippen molar-refractivity contribution in [3.8, 4) is 0 Å². The number of nitrogens with zero attached hydrogens (tertiary/aromatic N) is 1. The molecule has 2 aliphatic carbocycles. The molecule has 0 aliphatic heterocycles. The fraction of sp³-hybridized carbons (Fsp3) is 0.800. The van der Waals surface area contributed by atoms with Gasteiger partial charge in [-0.2, -0.15) is 0 Å². The van der Waals surface area contributed by atoms with Crippen LogP contribution >= 0.6 is 11.3 Å². The van der Waals surface area contributed by atoms with E-state index in [1.807, 2.05) is 11.3 Å². The SMILES string of the molecule is CCC(C)(N)c1nc2c(s1)CC1(CCCC1)CC2. The molecule has 2 aliphatic rings. The van der Waals surface area contributed by atoms with Crippen molar-refractivity contribution < 1.29 is 0 Å². The molecule has 3 rings (SSSR count). The molecule has 1 saturated carbocycles. The molecule has 0 saturated heterocycles. The van der Waals surface area contributed by atoms with Gasteiger partial charge in [-0.3, -0.25) is 0 Å². The lowest BCUT2D eigenvalue weighted by molar-refractivity contribution is 0.256. The Morgan fingerprint density at radius 3 is 2.72 bits per heavy atom. The maximum absolute atomic E-state index is 6.34. The third kappa shape index (κ3) is 2.01. The summed E-state index contributed by atoms with van der Waals surface area (Å²) in [6.45, 7) is 4.27. The van der Waals surface area contributed by atoms with Crippen LogP contribution < -0.4 is 5.73 Å². The first-order valence-electron chi connectivity index (χ1n) is 7.33. The largest absolute Gasteiger partial charge is 0.320 e. The lowest BCUT2D eigenvalue weighted by atomic mass is 9.74. The third-order valence-corrected chi connectivity index (χ3v) is 6.47. The number of aryl methyl sites for hydroxylation is 1. The van der Waals surface area contributed by atoms with Crippen LogP contribution in [0.2, 0.25) is 0 Å². The van der Waals surface area contributed by atoms with Gasteiger partial charge in [0.2, 0.25) is 0 Å². The third-order valence-electron chi connectivity index (χ3n) is 5.09. The number of thiazole rings is 1. The van der Waals surface area contributed by atoms with E-state index in [0.717, 1.165) is 11.4 Å². The molecule has 1 fully saturated rings. The Labute approximate surface area is 114 Å². The van der Waals surface area contributed by atoms with E-state index in [9.17, 15) is 0 Å². The summed E-state index contributed by atoms with van der Waals surface area (Å²) in [5.41, 5.74) is 8.10. The molecule has 1 unspecified atom stereocenters. The number of aromatic nitrogens is 1. The van der Waals surface area contributed by atoms with E-state index in [0.29, 0.717) is 5.41 Å². The predicted octanol–water partition coefficient (Wildman–Crippen LogP) is 3.78. The summed E-state index contributed by atoms with van der Waals surface area (Å²) >= 11 is 1.89. The van der Waals surface area contributed by atoms with Crippen LogP contribution in [0.5, 0.6) is 0 Å². The van der Waals surface area contributed by atoms with Gasteiger partial charge in [-0.25, -0.2) is 4.98 Å². The molecule has 18 heavy (non-hydrogen) atoms. The fourth-order valence-electron chi connectivity index (χ4n) is 3.48. The second-order valence-corrected chi connectivity index (χ2v) is 7.63. The van der Waals surface area contributed by atoms with E-state index < -0.39 is 0 Å². The van der Waals surface area contributed by atoms with Gasteiger partial charge >= 0.3 is 0 Å². The standard InChI is InChI=1S/C15H24N2S/c1-3-14(2,16)13-17-11-6-9-15(7-4-5-8-15)10-12(11)18-13/h3-10,16H2,1-2H3. The van der Waals surface area contributed by atoms with Crippen molar-refractivity contribution in [1.82, 2.24) is 4.98 Å². The minimum atomic E-state index is -0.231. The summed E-state index contributed by atoms with van der Waals surface area (Å²) in [4.78, 5) is 6.39. The molecular formula is C15H24N2S. The van der Waals surface area contributed by atoms with E-state index in [1.54, 1.807) is 4.88 Å². The monoisotopic (exact) mass is 264 g/mol. The van der Waals surface area contributed by atoms with Crippen molar-refractivity contribution in [3.05, 3.63) is 15.6 Å². The second-order valence-electron chi connectivity index (χ2n) is 6.54. The van der Waals surface area contributed by atoms with Gasteiger partial charge in [-0.1, -0.05) is 19.8 Å². The summed E-state index contributed by atoms with van der Waals surface area (Å²) in [7, 11) is 0. The van der Waals surface area contributed by atoms with Crippen molar-refractivity contribution in [1.29, 1.82) is 0 Å². The molecule has 0 bridgehead atoms. The maximum Gasteiger partial charge on any atom is 0.113 e. The van der Waals surface area contributed by atoms with Gasteiger partial charge in [0.25, 0.3) is 0 Å². The zero-order chi connectivity index (χ0) is 12.8. The molecule has 1 aromatic heterocycles. The highest BCUT2D eigenvalue weighted by Crippen LogP contribution is 2.49. The van der Waals surface area contributed by atoms with Crippen LogP contribution in [0.25, 0.3) is 0 Å². The molecule has 1 aromatic rings. The van der Waals surface area contributed by atoms with Gasteiger partial charge in [-0.05, 0) is 50.9 Å². The van der Waals surface area contributed by atoms with Gasteiger partial charge in [0.15, 0.2) is 0 Å². The molecule has 2 N–H and O–H groups in total. The Balaban J connectivity index is 1.88. The van der Waals surface area contributed by atoms with Crippen LogP contribution in [-0.4, -0.2) is 4.98 Å². The quantitative estimate of drug-likeness (QED) is 0.883. The predicted molar refractivity (Wildman–Crippen MR) is 76.9 cm³/mol. The fourth-order valence-corrected chi connectivity index (χ4v) is 4.89. The van der Waals surface area contributed by atoms with Gasteiger partial charge < -0.3 is 5.73 Å². The van der Waals surface area contributed by atoms with Crippen molar-refractivity contribution in [2.75, 3.05) is 0 Å².